The molecule has 4 heteroatoms. The molecule has 20 heavy (non-hydrogen) atoms. The SMILES string of the molecule is CCC1CCCC(Nc2cc(C(N)=O)cc(F)c2C)C1. The molecular formula is C16H23FN2O. The van der Waals surface area contributed by atoms with Gasteiger partial charge in [0.2, 0.25) is 5.91 Å². The van der Waals surface area contributed by atoms with E-state index in [0.29, 0.717) is 17.3 Å². The first-order valence-corrected chi connectivity index (χ1v) is 7.37. The van der Waals surface area contributed by atoms with E-state index in [1.165, 1.54) is 25.3 Å². The molecule has 2 unspecified atom stereocenters. The molecule has 1 aliphatic carbocycles. The number of hydrogen-bond donors (Lipinski definition) is 2. The molecule has 0 saturated heterocycles. The van der Waals surface area contributed by atoms with Gasteiger partial charge in [0.05, 0.1) is 0 Å². The van der Waals surface area contributed by atoms with Crippen molar-refractivity contribution in [3.63, 3.8) is 0 Å². The summed E-state index contributed by atoms with van der Waals surface area (Å²) in [6, 6.07) is 3.23. The van der Waals surface area contributed by atoms with Crippen molar-refractivity contribution >= 4 is 11.6 Å². The van der Waals surface area contributed by atoms with Crippen LogP contribution < -0.4 is 11.1 Å². The molecule has 0 spiro atoms. The quantitative estimate of drug-likeness (QED) is 0.884. The van der Waals surface area contributed by atoms with Gasteiger partial charge in [0, 0.05) is 22.9 Å². The zero-order chi connectivity index (χ0) is 14.7. The number of primary amides is 1. The molecular weight excluding hydrogens is 255 g/mol. The highest BCUT2D eigenvalue weighted by Gasteiger charge is 2.21. The summed E-state index contributed by atoms with van der Waals surface area (Å²) in [6.07, 6.45) is 5.88. The zero-order valence-corrected chi connectivity index (χ0v) is 12.2. The molecule has 110 valence electrons. The molecule has 1 aliphatic rings. The summed E-state index contributed by atoms with van der Waals surface area (Å²) < 4.78 is 13.8. The van der Waals surface area contributed by atoms with Gasteiger partial charge < -0.3 is 11.1 Å². The second-order valence-electron chi connectivity index (χ2n) is 5.78. The summed E-state index contributed by atoms with van der Waals surface area (Å²) >= 11 is 0. The fourth-order valence-electron chi connectivity index (χ4n) is 2.98. The number of carbonyl (C=O) groups is 1. The van der Waals surface area contributed by atoms with E-state index in [2.05, 4.69) is 12.2 Å². The fourth-order valence-corrected chi connectivity index (χ4v) is 2.98. The number of anilines is 1. The summed E-state index contributed by atoms with van der Waals surface area (Å²) in [4.78, 5) is 11.2. The van der Waals surface area contributed by atoms with Crippen LogP contribution in [0.5, 0.6) is 0 Å². The van der Waals surface area contributed by atoms with Gasteiger partial charge in [-0.2, -0.15) is 0 Å². The number of hydrogen-bond acceptors (Lipinski definition) is 2. The largest absolute Gasteiger partial charge is 0.382 e. The van der Waals surface area contributed by atoms with Gasteiger partial charge in [-0.1, -0.05) is 26.2 Å². The Hall–Kier alpha value is -1.58. The molecule has 0 aromatic heterocycles. The van der Waals surface area contributed by atoms with Crippen LogP contribution in [-0.2, 0) is 0 Å². The van der Waals surface area contributed by atoms with Crippen LogP contribution in [0.1, 0.15) is 54.9 Å². The lowest BCUT2D eigenvalue weighted by Crippen LogP contribution is -2.27. The Kier molecular flexibility index (Phi) is 4.63. The highest BCUT2D eigenvalue weighted by Crippen LogP contribution is 2.30. The third-order valence-electron chi connectivity index (χ3n) is 4.35. The minimum absolute atomic E-state index is 0.221. The smallest absolute Gasteiger partial charge is 0.248 e. The summed E-state index contributed by atoms with van der Waals surface area (Å²) in [5.74, 6) is -0.237. The van der Waals surface area contributed by atoms with E-state index in [1.807, 2.05) is 0 Å². The third-order valence-corrected chi connectivity index (χ3v) is 4.35. The van der Waals surface area contributed by atoms with Crippen molar-refractivity contribution in [1.29, 1.82) is 0 Å². The molecule has 1 fully saturated rings. The van der Waals surface area contributed by atoms with Gasteiger partial charge in [-0.05, 0) is 37.8 Å². The highest BCUT2D eigenvalue weighted by molar-refractivity contribution is 5.94. The van der Waals surface area contributed by atoms with Crippen molar-refractivity contribution in [2.45, 2.75) is 52.0 Å². The van der Waals surface area contributed by atoms with Crippen LogP contribution in [0, 0.1) is 18.7 Å². The van der Waals surface area contributed by atoms with Crippen molar-refractivity contribution < 1.29 is 9.18 Å². The number of amides is 1. The van der Waals surface area contributed by atoms with Crippen LogP contribution in [0.25, 0.3) is 0 Å². The fraction of sp³-hybridized carbons (Fsp3) is 0.562. The van der Waals surface area contributed by atoms with Gasteiger partial charge in [0.15, 0.2) is 0 Å². The Morgan fingerprint density at radius 3 is 2.85 bits per heavy atom. The second-order valence-corrected chi connectivity index (χ2v) is 5.78. The van der Waals surface area contributed by atoms with E-state index < -0.39 is 5.91 Å². The van der Waals surface area contributed by atoms with Crippen LogP contribution in [0.2, 0.25) is 0 Å². The minimum atomic E-state index is -0.595. The molecule has 2 rings (SSSR count). The average Bonchev–Trinajstić information content (AvgIpc) is 2.43. The molecule has 0 radical (unpaired) electrons. The van der Waals surface area contributed by atoms with E-state index >= 15 is 0 Å². The van der Waals surface area contributed by atoms with Crippen molar-refractivity contribution in [1.82, 2.24) is 0 Å². The lowest BCUT2D eigenvalue weighted by Gasteiger charge is -2.30. The van der Waals surface area contributed by atoms with Crippen LogP contribution in [0.3, 0.4) is 0 Å². The van der Waals surface area contributed by atoms with Gasteiger partial charge in [-0.3, -0.25) is 4.79 Å². The molecule has 3 nitrogen and oxygen atoms in total. The molecule has 0 heterocycles. The van der Waals surface area contributed by atoms with Crippen LogP contribution >= 0.6 is 0 Å². The maximum Gasteiger partial charge on any atom is 0.248 e. The predicted molar refractivity (Wildman–Crippen MR) is 79.3 cm³/mol. The van der Waals surface area contributed by atoms with E-state index in [1.54, 1.807) is 13.0 Å². The zero-order valence-electron chi connectivity index (χ0n) is 12.2. The van der Waals surface area contributed by atoms with E-state index in [9.17, 15) is 9.18 Å². The molecule has 3 N–H and O–H groups in total. The van der Waals surface area contributed by atoms with Gasteiger partial charge in [-0.15, -0.1) is 0 Å². The van der Waals surface area contributed by atoms with Gasteiger partial charge >= 0.3 is 0 Å². The number of halogens is 1. The Labute approximate surface area is 119 Å². The number of nitrogens with one attached hydrogen (secondary N) is 1. The van der Waals surface area contributed by atoms with Crippen molar-refractivity contribution in [2.75, 3.05) is 5.32 Å². The van der Waals surface area contributed by atoms with Crippen molar-refractivity contribution in [3.05, 3.63) is 29.1 Å². The number of benzene rings is 1. The Bertz CT molecular complexity index is 501. The van der Waals surface area contributed by atoms with E-state index in [0.717, 1.165) is 18.8 Å². The highest BCUT2D eigenvalue weighted by atomic mass is 19.1. The third kappa shape index (κ3) is 3.30. The lowest BCUT2D eigenvalue weighted by molar-refractivity contribution is 0.1000. The van der Waals surface area contributed by atoms with Gasteiger partial charge in [0.1, 0.15) is 5.82 Å². The topological polar surface area (TPSA) is 55.1 Å². The summed E-state index contributed by atoms with van der Waals surface area (Å²) in [6.45, 7) is 3.94. The molecule has 1 amide bonds. The summed E-state index contributed by atoms with van der Waals surface area (Å²) in [5, 5.41) is 3.40. The first-order chi connectivity index (χ1) is 9.51. The predicted octanol–water partition coefficient (Wildman–Crippen LogP) is 3.61. The number of carbonyl (C=O) groups excluding carboxylic acids is 1. The molecule has 1 aromatic carbocycles. The Balaban J connectivity index is 2.18. The van der Waals surface area contributed by atoms with Crippen LogP contribution in [0.15, 0.2) is 12.1 Å². The maximum atomic E-state index is 13.8. The van der Waals surface area contributed by atoms with E-state index in [-0.39, 0.29) is 11.4 Å². The lowest BCUT2D eigenvalue weighted by atomic mass is 9.84. The molecule has 0 bridgehead atoms. The molecule has 1 aromatic rings. The van der Waals surface area contributed by atoms with Crippen LogP contribution in [0.4, 0.5) is 10.1 Å². The van der Waals surface area contributed by atoms with Gasteiger partial charge in [-0.25, -0.2) is 4.39 Å². The van der Waals surface area contributed by atoms with E-state index in [4.69, 9.17) is 5.73 Å². The number of rotatable bonds is 4. The Morgan fingerprint density at radius 2 is 2.20 bits per heavy atom. The van der Waals surface area contributed by atoms with Gasteiger partial charge in [0.25, 0.3) is 0 Å². The van der Waals surface area contributed by atoms with Crippen molar-refractivity contribution in [2.24, 2.45) is 11.7 Å². The maximum absolute atomic E-state index is 13.8. The van der Waals surface area contributed by atoms with Crippen LogP contribution in [-0.4, -0.2) is 11.9 Å². The summed E-state index contributed by atoms with van der Waals surface area (Å²) in [5.41, 5.74) is 6.71. The molecule has 2 atom stereocenters. The number of nitrogens with two attached hydrogens (primary N) is 1. The first kappa shape index (κ1) is 14.8. The Morgan fingerprint density at radius 1 is 1.45 bits per heavy atom. The van der Waals surface area contributed by atoms with Crippen molar-refractivity contribution in [3.8, 4) is 0 Å². The monoisotopic (exact) mass is 278 g/mol. The summed E-state index contributed by atoms with van der Waals surface area (Å²) in [7, 11) is 0. The average molecular weight is 278 g/mol. The second kappa shape index (κ2) is 6.25. The normalized spacial score (nSPS) is 22.6. The molecule has 0 aliphatic heterocycles. The minimum Gasteiger partial charge on any atom is -0.382 e. The first-order valence-electron chi connectivity index (χ1n) is 7.37. The standard InChI is InChI=1S/C16H23FN2O/c1-3-11-5-4-6-13(7-11)19-15-9-12(16(18)20)8-14(17)10(15)2/h8-9,11,13,19H,3-7H2,1-2H3,(H2,18,20). The molecule has 1 saturated carbocycles.